The molecule has 0 aliphatic rings. The summed E-state index contributed by atoms with van der Waals surface area (Å²) in [5.41, 5.74) is 5.66. The van der Waals surface area contributed by atoms with Gasteiger partial charge in [0.25, 0.3) is 0 Å². The summed E-state index contributed by atoms with van der Waals surface area (Å²) in [6.07, 6.45) is 14.7. The van der Waals surface area contributed by atoms with E-state index in [1.54, 1.807) is 0 Å². The highest BCUT2D eigenvalue weighted by Gasteiger charge is 2.19. The van der Waals surface area contributed by atoms with Gasteiger partial charge in [-0.05, 0) is 19.3 Å². The van der Waals surface area contributed by atoms with E-state index in [9.17, 15) is 19.5 Å². The van der Waals surface area contributed by atoms with E-state index >= 15 is 0 Å². The van der Waals surface area contributed by atoms with Gasteiger partial charge in [-0.25, -0.2) is 4.79 Å². The molecule has 0 fully saturated rings. The van der Waals surface area contributed by atoms with E-state index in [0.29, 0.717) is 30.8 Å². The first-order chi connectivity index (χ1) is 15.4. The molecule has 7 nitrogen and oxygen atoms in total. The molecular weight excluding hydrogens is 448 g/mol. The molecule has 0 saturated carbocycles. The molecule has 32 heavy (non-hydrogen) atoms. The molecule has 2 unspecified atom stereocenters. The smallest absolute Gasteiger partial charge is 0.326 e. The molecule has 0 heterocycles. The third-order valence-corrected chi connectivity index (χ3v) is 7.70. The fourth-order valence-electron chi connectivity index (χ4n) is 3.20. The first-order valence-electron chi connectivity index (χ1n) is 12.0. The second kappa shape index (κ2) is 21.9. The summed E-state index contributed by atoms with van der Waals surface area (Å²) in [6, 6.07) is -1.49. The van der Waals surface area contributed by atoms with Crippen LogP contribution in [0.2, 0.25) is 0 Å². The predicted octanol–water partition coefficient (Wildman–Crippen LogP) is 4.92. The van der Waals surface area contributed by atoms with Gasteiger partial charge in [0, 0.05) is 17.9 Å². The number of ether oxygens (including phenoxy) is 1. The highest BCUT2D eigenvalue weighted by Crippen LogP contribution is 2.24. The zero-order valence-electron chi connectivity index (χ0n) is 19.9. The summed E-state index contributed by atoms with van der Waals surface area (Å²) in [4.78, 5) is 34.7. The van der Waals surface area contributed by atoms with E-state index in [1.165, 1.54) is 80.1 Å². The number of carboxylic acid groups (broad SMARTS) is 1. The van der Waals surface area contributed by atoms with Crippen LogP contribution in [-0.2, 0) is 19.1 Å². The minimum atomic E-state index is -1.00. The summed E-state index contributed by atoms with van der Waals surface area (Å²) in [6.45, 7) is 2.23. The third kappa shape index (κ3) is 18.6. The number of carboxylic acids is 1. The van der Waals surface area contributed by atoms with Gasteiger partial charge in [0.15, 0.2) is 0 Å². The highest BCUT2D eigenvalue weighted by atomic mass is 33.1. The number of hydrogen-bond donors (Lipinski definition) is 3. The lowest BCUT2D eigenvalue weighted by atomic mass is 10.1. The molecule has 9 heteroatoms. The summed E-state index contributed by atoms with van der Waals surface area (Å²) in [7, 11) is 4.36. The maximum atomic E-state index is 12.1. The maximum absolute atomic E-state index is 12.1. The van der Waals surface area contributed by atoms with Crippen molar-refractivity contribution in [3.05, 3.63) is 0 Å². The van der Waals surface area contributed by atoms with Crippen LogP contribution in [-0.4, -0.2) is 53.7 Å². The Morgan fingerprint density at radius 1 is 0.875 bits per heavy atom. The van der Waals surface area contributed by atoms with Crippen molar-refractivity contribution in [2.75, 3.05) is 18.6 Å². The van der Waals surface area contributed by atoms with Crippen molar-refractivity contribution in [3.63, 3.8) is 0 Å². The standard InChI is InChI=1S/C23H44N2O5S2/c1-3-4-5-6-7-8-9-10-11-12-13-14-21(26)25-20(22(27)28)16-18-32-31-17-15-19(24)23(29)30-2/h19-20H,3-18,24H2,1-2H3,(H,25,26)(H,27,28). The quantitative estimate of drug-likeness (QED) is 0.111. The lowest BCUT2D eigenvalue weighted by Gasteiger charge is -2.14. The van der Waals surface area contributed by atoms with E-state index in [4.69, 9.17) is 5.73 Å². The van der Waals surface area contributed by atoms with E-state index in [0.717, 1.165) is 19.3 Å². The van der Waals surface area contributed by atoms with Gasteiger partial charge in [-0.3, -0.25) is 9.59 Å². The molecule has 0 rings (SSSR count). The lowest BCUT2D eigenvalue weighted by molar-refractivity contribution is -0.142. The summed E-state index contributed by atoms with van der Waals surface area (Å²) in [5.74, 6) is -0.356. The fraction of sp³-hybridized carbons (Fsp3) is 0.870. The Morgan fingerprint density at radius 3 is 1.88 bits per heavy atom. The minimum absolute atomic E-state index is 0.185. The van der Waals surface area contributed by atoms with Crippen LogP contribution in [0.3, 0.4) is 0 Å². The molecule has 4 N–H and O–H groups in total. The van der Waals surface area contributed by atoms with Crippen molar-refractivity contribution in [1.29, 1.82) is 0 Å². The van der Waals surface area contributed by atoms with Gasteiger partial charge in [-0.1, -0.05) is 92.7 Å². The Morgan fingerprint density at radius 2 is 1.38 bits per heavy atom. The molecule has 0 spiro atoms. The Kier molecular flexibility index (Phi) is 21.3. The number of carbonyl (C=O) groups excluding carboxylic acids is 2. The van der Waals surface area contributed by atoms with Crippen molar-refractivity contribution in [1.82, 2.24) is 5.32 Å². The van der Waals surface area contributed by atoms with Crippen LogP contribution in [0.4, 0.5) is 0 Å². The predicted molar refractivity (Wildman–Crippen MR) is 135 cm³/mol. The van der Waals surface area contributed by atoms with Gasteiger partial charge in [0.2, 0.25) is 5.91 Å². The summed E-state index contributed by atoms with van der Waals surface area (Å²) in [5, 5.41) is 12.0. The molecule has 0 radical (unpaired) electrons. The maximum Gasteiger partial charge on any atom is 0.326 e. The van der Waals surface area contributed by atoms with Crippen LogP contribution in [0.5, 0.6) is 0 Å². The van der Waals surface area contributed by atoms with Crippen LogP contribution in [0.15, 0.2) is 0 Å². The number of aliphatic carboxylic acids is 1. The first kappa shape index (κ1) is 31.1. The number of amides is 1. The zero-order chi connectivity index (χ0) is 24.0. The second-order valence-corrected chi connectivity index (χ2v) is 10.8. The normalized spacial score (nSPS) is 12.8. The number of nitrogens with two attached hydrogens (primary N) is 1. The highest BCUT2D eigenvalue weighted by molar-refractivity contribution is 8.76. The molecule has 0 aliphatic heterocycles. The van der Waals surface area contributed by atoms with Gasteiger partial charge in [0.05, 0.1) is 7.11 Å². The minimum Gasteiger partial charge on any atom is -0.480 e. The Hall–Kier alpha value is -0.930. The molecule has 0 saturated heterocycles. The van der Waals surface area contributed by atoms with Crippen molar-refractivity contribution in [2.24, 2.45) is 5.73 Å². The van der Waals surface area contributed by atoms with Gasteiger partial charge in [-0.15, -0.1) is 0 Å². The average Bonchev–Trinajstić information content (AvgIpc) is 2.77. The third-order valence-electron chi connectivity index (χ3n) is 5.23. The van der Waals surface area contributed by atoms with E-state index in [1.807, 2.05) is 0 Å². The molecule has 0 aromatic rings. The zero-order valence-corrected chi connectivity index (χ0v) is 21.6. The number of unbranched alkanes of at least 4 members (excludes halogenated alkanes) is 10. The van der Waals surface area contributed by atoms with Gasteiger partial charge in [-0.2, -0.15) is 0 Å². The van der Waals surface area contributed by atoms with Gasteiger partial charge < -0.3 is 20.9 Å². The van der Waals surface area contributed by atoms with Crippen LogP contribution in [0.25, 0.3) is 0 Å². The number of methoxy groups -OCH3 is 1. The summed E-state index contributed by atoms with van der Waals surface area (Å²) < 4.78 is 4.57. The van der Waals surface area contributed by atoms with Crippen LogP contribution in [0.1, 0.15) is 96.8 Å². The van der Waals surface area contributed by atoms with E-state index in [2.05, 4.69) is 17.0 Å². The molecule has 0 bridgehead atoms. The Bertz CT molecular complexity index is 509. The van der Waals surface area contributed by atoms with E-state index < -0.39 is 24.0 Å². The van der Waals surface area contributed by atoms with E-state index in [-0.39, 0.29) is 5.91 Å². The van der Waals surface area contributed by atoms with Crippen LogP contribution >= 0.6 is 21.6 Å². The molecule has 1 amide bonds. The monoisotopic (exact) mass is 492 g/mol. The molecule has 2 atom stereocenters. The van der Waals surface area contributed by atoms with Crippen molar-refractivity contribution in [2.45, 2.75) is 109 Å². The Balaban J connectivity index is 3.73. The van der Waals surface area contributed by atoms with Gasteiger partial charge in [0.1, 0.15) is 12.1 Å². The first-order valence-corrected chi connectivity index (χ1v) is 14.5. The number of hydrogen-bond acceptors (Lipinski definition) is 7. The number of nitrogens with one attached hydrogen (secondary N) is 1. The van der Waals surface area contributed by atoms with Crippen molar-refractivity contribution in [3.8, 4) is 0 Å². The average molecular weight is 493 g/mol. The van der Waals surface area contributed by atoms with Crippen LogP contribution in [0, 0.1) is 0 Å². The van der Waals surface area contributed by atoms with Crippen LogP contribution < -0.4 is 11.1 Å². The second-order valence-electron chi connectivity index (χ2n) is 8.09. The number of rotatable bonds is 22. The molecule has 0 aromatic carbocycles. The topological polar surface area (TPSA) is 119 Å². The molecule has 0 aliphatic carbocycles. The van der Waals surface area contributed by atoms with Crippen molar-refractivity contribution >= 4 is 39.4 Å². The Labute approximate surface area is 202 Å². The molecular formula is C23H44N2O5S2. The van der Waals surface area contributed by atoms with Gasteiger partial charge >= 0.3 is 11.9 Å². The molecule has 188 valence electrons. The molecule has 0 aromatic heterocycles. The van der Waals surface area contributed by atoms with Crippen molar-refractivity contribution < 1.29 is 24.2 Å². The SMILES string of the molecule is CCCCCCCCCCCCCC(=O)NC(CCSSCCC(N)C(=O)OC)C(=O)O. The number of carbonyl (C=O) groups is 3. The summed E-state index contributed by atoms with van der Waals surface area (Å²) >= 11 is 0. The fourth-order valence-corrected chi connectivity index (χ4v) is 5.40. The largest absolute Gasteiger partial charge is 0.480 e. The lowest BCUT2D eigenvalue weighted by Crippen LogP contribution is -2.41. The number of esters is 1.